The maximum atomic E-state index is 14.0. The second-order valence-corrected chi connectivity index (χ2v) is 21.0. The van der Waals surface area contributed by atoms with Crippen molar-refractivity contribution in [2.45, 2.75) is 117 Å². The number of H-pyrrole nitrogens is 2. The predicted octanol–water partition coefficient (Wildman–Crippen LogP) is 8.89. The summed E-state index contributed by atoms with van der Waals surface area (Å²) in [7, 11) is 2.57. The zero-order valence-corrected chi connectivity index (χ0v) is 41.1. The fourth-order valence-electron chi connectivity index (χ4n) is 11.7. The zero-order chi connectivity index (χ0) is 48.9. The first-order valence-electron chi connectivity index (χ1n) is 24.7. The fourth-order valence-corrected chi connectivity index (χ4v) is 11.7. The normalized spacial score (nSPS) is 21.5. The molecule has 2 aliphatic carbocycles. The van der Waals surface area contributed by atoms with Gasteiger partial charge in [0.15, 0.2) is 0 Å². The van der Waals surface area contributed by atoms with Crippen molar-refractivity contribution in [3.05, 3.63) is 93.9 Å². The number of carbonyl (C=O) groups excluding carboxylic acids is 4. The third-order valence-electron chi connectivity index (χ3n) is 15.3. The Morgan fingerprint density at radius 2 is 1.20 bits per heavy atom. The van der Waals surface area contributed by atoms with Crippen LogP contribution in [0, 0.1) is 29.1 Å². The van der Waals surface area contributed by atoms with Crippen molar-refractivity contribution in [1.29, 1.82) is 0 Å². The number of aromatic nitrogens is 4. The van der Waals surface area contributed by atoms with E-state index in [0.717, 1.165) is 53.0 Å². The van der Waals surface area contributed by atoms with Gasteiger partial charge in [-0.25, -0.2) is 19.6 Å². The highest BCUT2D eigenvalue weighted by Crippen LogP contribution is 2.53. The molecule has 2 saturated heterocycles. The van der Waals surface area contributed by atoms with Crippen molar-refractivity contribution < 1.29 is 28.7 Å². The lowest BCUT2D eigenvalue weighted by molar-refractivity contribution is -0.136. The van der Waals surface area contributed by atoms with E-state index in [9.17, 15) is 24.0 Å². The molecular weight excluding hydrogens is 873 g/mol. The van der Waals surface area contributed by atoms with E-state index >= 15 is 0 Å². The van der Waals surface area contributed by atoms with E-state index in [0.29, 0.717) is 36.2 Å². The van der Waals surface area contributed by atoms with E-state index in [1.54, 1.807) is 4.90 Å². The number of nitrogens with one attached hydrogen (secondary N) is 4. The Morgan fingerprint density at radius 1 is 0.696 bits per heavy atom. The first-order valence-corrected chi connectivity index (χ1v) is 24.7. The van der Waals surface area contributed by atoms with Crippen LogP contribution in [0.3, 0.4) is 0 Å². The summed E-state index contributed by atoms with van der Waals surface area (Å²) in [4.78, 5) is 86.1. The van der Waals surface area contributed by atoms with Gasteiger partial charge in [-0.1, -0.05) is 96.8 Å². The molecule has 3 fully saturated rings. The van der Waals surface area contributed by atoms with Crippen LogP contribution in [0.25, 0.3) is 44.4 Å². The average Bonchev–Trinajstić information content (AvgIpc) is 4.20. The van der Waals surface area contributed by atoms with Gasteiger partial charge < -0.3 is 39.9 Å². The van der Waals surface area contributed by atoms with Gasteiger partial charge in [0.1, 0.15) is 23.7 Å². The molecule has 3 aromatic carbocycles. The van der Waals surface area contributed by atoms with E-state index < -0.39 is 30.3 Å². The van der Waals surface area contributed by atoms with Crippen molar-refractivity contribution in [2.24, 2.45) is 29.1 Å². The number of amides is 4. The summed E-state index contributed by atoms with van der Waals surface area (Å²) in [5.41, 5.74) is 9.59. The van der Waals surface area contributed by atoms with Gasteiger partial charge in [0.2, 0.25) is 11.8 Å². The SMILES string of the molecule is COC(=O)NC(C(=O)N1C[C@@H](C)C[C@H]1c1ncc(-c2ccc(-c3ccc(-c4ccc5nc([C@@H]6C[C@H](C)CN6C(=O)[C@@H](NC(=O)OC)C(C)C)[nH]c(=O)c5c4)c4c3CC3(CCCC3)C4)cc2)[nH]1)C(C)C. The number of fused-ring (bicyclic) bond motifs is 2. The topological polar surface area (TPSA) is 192 Å². The molecule has 1 unspecified atom stereocenters. The number of aromatic amines is 2. The van der Waals surface area contributed by atoms with Crippen LogP contribution in [-0.2, 0) is 31.9 Å². The summed E-state index contributed by atoms with van der Waals surface area (Å²) in [5, 5.41) is 5.93. The Bertz CT molecular complexity index is 2830. The van der Waals surface area contributed by atoms with Gasteiger partial charge in [-0.2, -0.15) is 0 Å². The van der Waals surface area contributed by atoms with Crippen molar-refractivity contribution in [1.82, 2.24) is 40.4 Å². The third kappa shape index (κ3) is 9.24. The number of benzene rings is 3. The molecule has 15 nitrogen and oxygen atoms in total. The number of rotatable bonds is 11. The lowest BCUT2D eigenvalue weighted by atomic mass is 9.82. The molecule has 2 aromatic heterocycles. The summed E-state index contributed by atoms with van der Waals surface area (Å²) in [6.07, 6.45) is 8.81. The second kappa shape index (κ2) is 19.1. The van der Waals surface area contributed by atoms with Crippen LogP contribution in [0.5, 0.6) is 0 Å². The molecule has 0 radical (unpaired) electrons. The number of ether oxygens (including phenoxy) is 2. The van der Waals surface area contributed by atoms with E-state index in [4.69, 9.17) is 19.4 Å². The van der Waals surface area contributed by atoms with Crippen molar-refractivity contribution in [3.8, 4) is 33.5 Å². The van der Waals surface area contributed by atoms with E-state index in [1.165, 1.54) is 56.6 Å². The smallest absolute Gasteiger partial charge is 0.407 e. The van der Waals surface area contributed by atoms with Crippen molar-refractivity contribution in [3.63, 3.8) is 0 Å². The highest BCUT2D eigenvalue weighted by atomic mass is 16.5. The molecule has 2 aliphatic heterocycles. The quantitative estimate of drug-likeness (QED) is 0.100. The first-order chi connectivity index (χ1) is 33.1. The molecule has 4 amide bonds. The van der Waals surface area contributed by atoms with Gasteiger partial charge in [-0.15, -0.1) is 0 Å². The van der Waals surface area contributed by atoms with Gasteiger partial charge >= 0.3 is 12.2 Å². The van der Waals surface area contributed by atoms with Gasteiger partial charge in [0, 0.05) is 13.1 Å². The highest BCUT2D eigenvalue weighted by Gasteiger charge is 2.43. The molecule has 6 atom stereocenters. The maximum Gasteiger partial charge on any atom is 0.407 e. The van der Waals surface area contributed by atoms with Crippen LogP contribution in [-0.4, -0.2) is 93.1 Å². The van der Waals surface area contributed by atoms with Crippen LogP contribution >= 0.6 is 0 Å². The van der Waals surface area contributed by atoms with Gasteiger partial charge in [0.25, 0.3) is 5.56 Å². The summed E-state index contributed by atoms with van der Waals surface area (Å²) in [6.45, 7) is 12.8. The van der Waals surface area contributed by atoms with Crippen LogP contribution in [0.15, 0.2) is 65.6 Å². The fraction of sp³-hybridized carbons (Fsp3) is 0.500. The minimum atomic E-state index is -0.783. The van der Waals surface area contributed by atoms with E-state index in [-0.39, 0.29) is 52.5 Å². The second-order valence-electron chi connectivity index (χ2n) is 21.0. The molecule has 1 spiro atoms. The number of carbonyl (C=O) groups is 4. The predicted molar refractivity (Wildman–Crippen MR) is 264 cm³/mol. The monoisotopic (exact) mass is 939 g/mol. The summed E-state index contributed by atoms with van der Waals surface area (Å²) in [6, 6.07) is 16.8. The average molecular weight is 939 g/mol. The first kappa shape index (κ1) is 47.6. The minimum Gasteiger partial charge on any atom is -0.453 e. The molecule has 0 bridgehead atoms. The number of methoxy groups -OCH3 is 2. The van der Waals surface area contributed by atoms with Crippen LogP contribution < -0.4 is 16.2 Å². The van der Waals surface area contributed by atoms with Gasteiger partial charge in [-0.3, -0.25) is 14.4 Å². The third-order valence-corrected chi connectivity index (χ3v) is 15.3. The number of alkyl carbamates (subject to hydrolysis) is 2. The van der Waals surface area contributed by atoms with Gasteiger partial charge in [0.05, 0.1) is 49.1 Å². The molecule has 4 heterocycles. The molecule has 1 saturated carbocycles. The number of imidazole rings is 1. The number of hydrogen-bond acceptors (Lipinski definition) is 9. The molecule has 15 heteroatoms. The standard InChI is InChI=1S/C54H66N8O7/c1-29(2)45(58-52(66)68-7)50(64)61-27-31(5)21-43(61)47-55-26-42(57-47)34-13-11-33(12-14-34)36-16-17-37(40-25-54(24-39(36)40)19-9-10-20-54)35-15-18-41-38(23-35)49(63)60-48(56-41)44-22-32(6)28-62(44)51(65)46(30(3)4)59-53(67)69-8/h11-18,23,26,29-32,43-46H,9-10,19-22,24-25,27-28H2,1-8H3,(H,55,57)(H,58,66)(H,59,67)(H,56,60,63)/t31-,32-,43-,44-,45?,46-/m0/s1. The molecule has 364 valence electrons. The van der Waals surface area contributed by atoms with Crippen LogP contribution in [0.4, 0.5) is 9.59 Å². The van der Waals surface area contributed by atoms with Crippen molar-refractivity contribution in [2.75, 3.05) is 27.3 Å². The maximum absolute atomic E-state index is 14.0. The van der Waals surface area contributed by atoms with Crippen LogP contribution in [0.2, 0.25) is 0 Å². The molecule has 9 rings (SSSR count). The number of hydrogen-bond donors (Lipinski definition) is 4. The Labute approximate surface area is 403 Å². The number of likely N-dealkylation sites (tertiary alicyclic amines) is 2. The number of nitrogens with zero attached hydrogens (tertiary/aromatic N) is 4. The zero-order valence-electron chi connectivity index (χ0n) is 41.1. The summed E-state index contributed by atoms with van der Waals surface area (Å²) in [5.74, 6) is 0.931. The lowest BCUT2D eigenvalue weighted by Crippen LogP contribution is -2.51. The largest absolute Gasteiger partial charge is 0.453 e. The van der Waals surface area contributed by atoms with E-state index in [2.05, 4.69) is 76.9 Å². The molecule has 4 aliphatic rings. The Balaban J connectivity index is 0.981. The highest BCUT2D eigenvalue weighted by molar-refractivity contribution is 5.89. The van der Waals surface area contributed by atoms with E-state index in [1.807, 2.05) is 50.9 Å². The summed E-state index contributed by atoms with van der Waals surface area (Å²) >= 11 is 0. The molecule has 4 N–H and O–H groups in total. The molecular formula is C54H66N8O7. The lowest BCUT2D eigenvalue weighted by Gasteiger charge is -2.30. The molecule has 69 heavy (non-hydrogen) atoms. The van der Waals surface area contributed by atoms with Crippen LogP contribution in [0.1, 0.15) is 115 Å². The Kier molecular flexibility index (Phi) is 13.2. The Morgan fingerprint density at radius 3 is 1.74 bits per heavy atom. The Hall–Kier alpha value is -6.51. The molecule has 5 aromatic rings. The van der Waals surface area contributed by atoms with Gasteiger partial charge in [-0.05, 0) is 119 Å². The minimum absolute atomic E-state index is 0.125. The summed E-state index contributed by atoms with van der Waals surface area (Å²) < 4.78 is 9.63. The van der Waals surface area contributed by atoms with Crippen molar-refractivity contribution >= 4 is 34.9 Å².